The monoisotopic (exact) mass is 426 g/mol. The summed E-state index contributed by atoms with van der Waals surface area (Å²) in [4.78, 5) is 25.0. The largest absolute Gasteiger partial charge is 0.349 e. The lowest BCUT2D eigenvalue weighted by atomic mass is 10.1. The van der Waals surface area contributed by atoms with Gasteiger partial charge in [-0.25, -0.2) is 14.6 Å². The number of anilines is 1. The van der Waals surface area contributed by atoms with Gasteiger partial charge in [0, 0.05) is 19.6 Å². The molecule has 0 spiro atoms. The van der Waals surface area contributed by atoms with Gasteiger partial charge in [0.05, 0.1) is 16.1 Å². The molecule has 1 N–H and O–H groups in total. The zero-order valence-corrected chi connectivity index (χ0v) is 18.0. The number of amides is 1. The van der Waals surface area contributed by atoms with Gasteiger partial charge in [0.25, 0.3) is 5.91 Å². The van der Waals surface area contributed by atoms with Crippen molar-refractivity contribution in [1.29, 1.82) is 0 Å². The molecule has 4 aromatic rings. The fourth-order valence-corrected chi connectivity index (χ4v) is 5.25. The van der Waals surface area contributed by atoms with Gasteiger partial charge in [0.1, 0.15) is 17.5 Å². The summed E-state index contributed by atoms with van der Waals surface area (Å²) in [7, 11) is 0. The Morgan fingerprint density at radius 2 is 1.90 bits per heavy atom. The van der Waals surface area contributed by atoms with E-state index in [0.717, 1.165) is 38.9 Å². The smallest absolute Gasteiger partial charge is 0.261 e. The predicted molar refractivity (Wildman–Crippen MR) is 118 cm³/mol. The summed E-state index contributed by atoms with van der Waals surface area (Å²) in [5.41, 5.74) is 2.19. The van der Waals surface area contributed by atoms with Crippen LogP contribution in [0.4, 0.5) is 5.13 Å². The Morgan fingerprint density at radius 1 is 1.14 bits per heavy atom. The molecule has 0 aliphatic rings. The molecule has 29 heavy (non-hydrogen) atoms. The van der Waals surface area contributed by atoms with Gasteiger partial charge in [-0.05, 0) is 31.0 Å². The highest BCUT2D eigenvalue weighted by Gasteiger charge is 2.15. The number of carbonyl (C=O) groups is 1. The summed E-state index contributed by atoms with van der Waals surface area (Å²) in [5.74, 6) is -0.0590. The summed E-state index contributed by atoms with van der Waals surface area (Å²) in [5, 5.41) is 8.13. The van der Waals surface area contributed by atoms with Gasteiger partial charge in [-0.15, -0.1) is 11.3 Å². The van der Waals surface area contributed by atoms with Crippen molar-refractivity contribution in [2.75, 3.05) is 18.0 Å². The number of nitrogens with zero attached hydrogens (tertiary/aromatic N) is 5. The third kappa shape index (κ3) is 4.46. The van der Waals surface area contributed by atoms with E-state index in [2.05, 4.69) is 39.1 Å². The van der Waals surface area contributed by atoms with Crippen LogP contribution in [0.2, 0.25) is 0 Å². The summed E-state index contributed by atoms with van der Waals surface area (Å²) >= 11 is 3.09. The average Bonchev–Trinajstić information content (AvgIpc) is 3.45. The average molecular weight is 427 g/mol. The molecule has 3 aromatic heterocycles. The molecular weight excluding hydrogens is 404 g/mol. The Labute approximate surface area is 177 Å². The number of rotatable bonds is 8. The maximum Gasteiger partial charge on any atom is 0.261 e. The lowest BCUT2D eigenvalue weighted by Crippen LogP contribution is -2.22. The first-order chi connectivity index (χ1) is 14.2. The van der Waals surface area contributed by atoms with Crippen molar-refractivity contribution >= 4 is 43.2 Å². The number of hydrogen-bond donors (Lipinski definition) is 1. The van der Waals surface area contributed by atoms with Gasteiger partial charge in [-0.2, -0.15) is 5.10 Å². The van der Waals surface area contributed by atoms with Gasteiger partial charge in [-0.3, -0.25) is 4.79 Å². The fraction of sp³-hybridized carbons (Fsp3) is 0.300. The van der Waals surface area contributed by atoms with Crippen molar-refractivity contribution in [3.05, 3.63) is 59.0 Å². The molecule has 0 bridgehead atoms. The molecule has 3 heterocycles. The topological polar surface area (TPSA) is 75.9 Å². The quantitative estimate of drug-likeness (QED) is 0.464. The first kappa shape index (κ1) is 19.5. The number of nitrogens with one attached hydrogen (secondary N) is 1. The molecule has 0 fully saturated rings. The van der Waals surface area contributed by atoms with E-state index in [4.69, 9.17) is 0 Å². The Balaban J connectivity index is 1.36. The summed E-state index contributed by atoms with van der Waals surface area (Å²) in [6.45, 7) is 7.29. The van der Waals surface area contributed by atoms with Crippen LogP contribution < -0.4 is 10.2 Å². The molecule has 0 aliphatic carbocycles. The lowest BCUT2D eigenvalue weighted by molar-refractivity contribution is 0.0955. The SMILES string of the molecule is CCN(CC)c1nc2sc(C(=O)NCc3ccc(Cn4cncn4)cc3)cc2s1. The first-order valence-corrected chi connectivity index (χ1v) is 11.1. The molecule has 0 saturated heterocycles. The van der Waals surface area contributed by atoms with Crippen molar-refractivity contribution in [1.82, 2.24) is 25.1 Å². The molecule has 0 aliphatic heterocycles. The number of thiazole rings is 1. The van der Waals surface area contributed by atoms with Crippen LogP contribution in [-0.2, 0) is 13.1 Å². The normalized spacial score (nSPS) is 11.1. The van der Waals surface area contributed by atoms with Crippen molar-refractivity contribution in [3.8, 4) is 0 Å². The van der Waals surface area contributed by atoms with E-state index in [1.165, 1.54) is 17.7 Å². The molecule has 1 amide bonds. The van der Waals surface area contributed by atoms with Gasteiger partial charge in [0.2, 0.25) is 0 Å². The molecule has 0 unspecified atom stereocenters. The van der Waals surface area contributed by atoms with Crippen molar-refractivity contribution in [2.24, 2.45) is 0 Å². The van der Waals surface area contributed by atoms with E-state index in [-0.39, 0.29) is 5.91 Å². The van der Waals surface area contributed by atoms with Crippen molar-refractivity contribution < 1.29 is 4.79 Å². The molecule has 0 atom stereocenters. The maximum absolute atomic E-state index is 12.5. The first-order valence-electron chi connectivity index (χ1n) is 9.50. The van der Waals surface area contributed by atoms with Crippen molar-refractivity contribution in [3.63, 3.8) is 0 Å². The minimum absolute atomic E-state index is 0.0590. The molecule has 150 valence electrons. The van der Waals surface area contributed by atoms with Crippen LogP contribution in [0.1, 0.15) is 34.6 Å². The standard InChI is InChI=1S/C20H22N6OS2/c1-3-25(4-2)20-24-19-17(29-20)9-16(28-19)18(27)22-10-14-5-7-15(8-6-14)11-26-13-21-12-23-26/h5-9,12-13H,3-4,10-11H2,1-2H3,(H,22,27). The molecule has 9 heteroatoms. The number of thiophene rings is 1. The molecule has 0 radical (unpaired) electrons. The second-order valence-electron chi connectivity index (χ2n) is 6.54. The molecular formula is C20H22N6OS2. The maximum atomic E-state index is 12.5. The Kier molecular flexibility index (Phi) is 5.86. The highest BCUT2D eigenvalue weighted by atomic mass is 32.1. The van der Waals surface area contributed by atoms with Gasteiger partial charge in [0.15, 0.2) is 5.13 Å². The highest BCUT2D eigenvalue weighted by Crippen LogP contribution is 2.34. The minimum atomic E-state index is -0.0590. The van der Waals surface area contributed by atoms with E-state index in [9.17, 15) is 4.79 Å². The number of benzene rings is 1. The van der Waals surface area contributed by atoms with Crippen LogP contribution in [0.15, 0.2) is 43.0 Å². The minimum Gasteiger partial charge on any atom is -0.349 e. The van der Waals surface area contributed by atoms with E-state index in [0.29, 0.717) is 18.0 Å². The predicted octanol–water partition coefficient (Wildman–Crippen LogP) is 3.77. The number of aromatic nitrogens is 4. The zero-order valence-electron chi connectivity index (χ0n) is 16.3. The van der Waals surface area contributed by atoms with Crippen LogP contribution in [0, 0.1) is 0 Å². The number of carbonyl (C=O) groups excluding carboxylic acids is 1. The summed E-state index contributed by atoms with van der Waals surface area (Å²) in [6, 6.07) is 10.1. The fourth-order valence-electron chi connectivity index (χ4n) is 3.00. The van der Waals surface area contributed by atoms with Crippen LogP contribution in [0.5, 0.6) is 0 Å². The number of fused-ring (bicyclic) bond motifs is 1. The van der Waals surface area contributed by atoms with E-state index in [1.807, 2.05) is 30.3 Å². The van der Waals surface area contributed by atoms with Gasteiger partial charge >= 0.3 is 0 Å². The van der Waals surface area contributed by atoms with Crippen LogP contribution in [-0.4, -0.2) is 38.7 Å². The van der Waals surface area contributed by atoms with Crippen LogP contribution in [0.3, 0.4) is 0 Å². The third-order valence-electron chi connectivity index (χ3n) is 4.62. The molecule has 1 aromatic carbocycles. The molecule has 0 saturated carbocycles. The Hall–Kier alpha value is -2.78. The van der Waals surface area contributed by atoms with E-state index in [1.54, 1.807) is 22.3 Å². The molecule has 7 nitrogen and oxygen atoms in total. The lowest BCUT2D eigenvalue weighted by Gasteiger charge is -2.16. The second-order valence-corrected chi connectivity index (χ2v) is 8.58. The zero-order chi connectivity index (χ0) is 20.2. The van der Waals surface area contributed by atoms with Crippen LogP contribution in [0.25, 0.3) is 9.53 Å². The highest BCUT2D eigenvalue weighted by molar-refractivity contribution is 7.29. The van der Waals surface area contributed by atoms with E-state index >= 15 is 0 Å². The third-order valence-corrected chi connectivity index (χ3v) is 6.84. The summed E-state index contributed by atoms with van der Waals surface area (Å²) < 4.78 is 2.85. The Bertz CT molecular complexity index is 1050. The van der Waals surface area contributed by atoms with Crippen LogP contribution >= 0.6 is 22.7 Å². The van der Waals surface area contributed by atoms with E-state index < -0.39 is 0 Å². The van der Waals surface area contributed by atoms with Gasteiger partial charge < -0.3 is 10.2 Å². The molecule has 4 rings (SSSR count). The second kappa shape index (κ2) is 8.71. The Morgan fingerprint density at radius 3 is 2.55 bits per heavy atom. The number of hydrogen-bond acceptors (Lipinski definition) is 7. The summed E-state index contributed by atoms with van der Waals surface area (Å²) in [6.07, 6.45) is 3.22. The van der Waals surface area contributed by atoms with Crippen molar-refractivity contribution in [2.45, 2.75) is 26.9 Å². The van der Waals surface area contributed by atoms with Gasteiger partial charge in [-0.1, -0.05) is 35.6 Å².